The molecular weight excluding hydrogens is 450 g/mol. The Morgan fingerprint density at radius 3 is 2.45 bits per heavy atom. The molecule has 4 rings (SSSR count). The number of aromatic nitrogens is 1. The summed E-state index contributed by atoms with van der Waals surface area (Å²) in [4.78, 5) is 31.6. The number of carbonyl (C=O) groups is 1. The SMILES string of the molecule is CCCCCN1C(=O)C(=Cc2c(N3CCCCCC3)c3ccccc3n(CC)c2=O)SC1=S. The van der Waals surface area contributed by atoms with Crippen molar-refractivity contribution in [3.8, 4) is 0 Å². The molecule has 0 saturated carbocycles. The highest BCUT2D eigenvalue weighted by molar-refractivity contribution is 8.26. The van der Waals surface area contributed by atoms with Crippen LogP contribution in [0.25, 0.3) is 17.0 Å². The Hall–Kier alpha value is -2.12. The van der Waals surface area contributed by atoms with E-state index in [1.165, 1.54) is 24.6 Å². The second-order valence-electron chi connectivity index (χ2n) is 8.77. The Morgan fingerprint density at radius 2 is 1.76 bits per heavy atom. The molecule has 0 N–H and O–H groups in total. The average molecular weight is 484 g/mol. The van der Waals surface area contributed by atoms with Crippen LogP contribution in [0.15, 0.2) is 34.0 Å². The van der Waals surface area contributed by atoms with E-state index in [1.807, 2.05) is 35.8 Å². The number of benzene rings is 1. The lowest BCUT2D eigenvalue weighted by atomic mass is 10.1. The van der Waals surface area contributed by atoms with Crippen molar-refractivity contribution in [1.29, 1.82) is 0 Å². The van der Waals surface area contributed by atoms with E-state index in [4.69, 9.17) is 12.2 Å². The molecule has 5 nitrogen and oxygen atoms in total. The van der Waals surface area contributed by atoms with Crippen LogP contribution in [0.4, 0.5) is 5.69 Å². The predicted molar refractivity (Wildman–Crippen MR) is 144 cm³/mol. The molecule has 0 aliphatic carbocycles. The minimum Gasteiger partial charge on any atom is -0.370 e. The maximum absolute atomic E-state index is 13.8. The summed E-state index contributed by atoms with van der Waals surface area (Å²) in [5.41, 5.74) is 2.50. The molecule has 33 heavy (non-hydrogen) atoms. The molecule has 176 valence electrons. The molecule has 0 unspecified atom stereocenters. The van der Waals surface area contributed by atoms with Gasteiger partial charge in [0.15, 0.2) is 0 Å². The van der Waals surface area contributed by atoms with Crippen LogP contribution in [0, 0.1) is 0 Å². The molecular formula is C26H33N3O2S2. The molecule has 0 bridgehead atoms. The number of anilines is 1. The van der Waals surface area contributed by atoms with Gasteiger partial charge in [0.1, 0.15) is 4.32 Å². The number of thioether (sulfide) groups is 1. The van der Waals surface area contributed by atoms with Crippen molar-refractivity contribution in [2.24, 2.45) is 0 Å². The summed E-state index contributed by atoms with van der Waals surface area (Å²) < 4.78 is 2.42. The molecule has 3 heterocycles. The predicted octanol–water partition coefficient (Wildman–Crippen LogP) is 5.79. The molecule has 1 aromatic heterocycles. The first-order valence-corrected chi connectivity index (χ1v) is 13.4. The van der Waals surface area contributed by atoms with Crippen LogP contribution in [-0.2, 0) is 11.3 Å². The molecule has 2 aliphatic heterocycles. The fraction of sp³-hybridized carbons (Fsp3) is 0.500. The molecule has 2 fully saturated rings. The van der Waals surface area contributed by atoms with Gasteiger partial charge in [-0.05, 0) is 38.3 Å². The van der Waals surface area contributed by atoms with E-state index < -0.39 is 0 Å². The molecule has 2 aromatic rings. The van der Waals surface area contributed by atoms with Gasteiger partial charge in [0.25, 0.3) is 11.5 Å². The van der Waals surface area contributed by atoms with Gasteiger partial charge in [-0.3, -0.25) is 14.5 Å². The van der Waals surface area contributed by atoms with Crippen molar-refractivity contribution < 1.29 is 4.79 Å². The second kappa shape index (κ2) is 10.9. The summed E-state index contributed by atoms with van der Waals surface area (Å²) >= 11 is 6.85. The summed E-state index contributed by atoms with van der Waals surface area (Å²) in [6, 6.07) is 8.15. The lowest BCUT2D eigenvalue weighted by Gasteiger charge is -2.27. The molecule has 0 atom stereocenters. The number of aryl methyl sites for hydroxylation is 1. The molecule has 2 saturated heterocycles. The van der Waals surface area contributed by atoms with Crippen molar-refractivity contribution >= 4 is 56.9 Å². The first-order valence-electron chi connectivity index (χ1n) is 12.2. The van der Waals surface area contributed by atoms with Crippen molar-refractivity contribution in [2.75, 3.05) is 24.5 Å². The highest BCUT2D eigenvalue weighted by atomic mass is 32.2. The number of fused-ring (bicyclic) bond motifs is 1. The largest absolute Gasteiger partial charge is 0.370 e. The third-order valence-corrected chi connectivity index (χ3v) is 7.93. The van der Waals surface area contributed by atoms with E-state index >= 15 is 0 Å². The highest BCUT2D eigenvalue weighted by Gasteiger charge is 2.32. The van der Waals surface area contributed by atoms with E-state index in [0.717, 1.165) is 61.8 Å². The van der Waals surface area contributed by atoms with Crippen LogP contribution in [0.3, 0.4) is 0 Å². The van der Waals surface area contributed by atoms with Gasteiger partial charge in [-0.1, -0.05) is 74.8 Å². The zero-order valence-electron chi connectivity index (χ0n) is 19.6. The summed E-state index contributed by atoms with van der Waals surface area (Å²) in [6.07, 6.45) is 9.58. The zero-order valence-corrected chi connectivity index (χ0v) is 21.3. The van der Waals surface area contributed by atoms with Gasteiger partial charge in [-0.2, -0.15) is 0 Å². The molecule has 7 heteroatoms. The monoisotopic (exact) mass is 483 g/mol. The number of rotatable bonds is 7. The van der Waals surface area contributed by atoms with Crippen molar-refractivity contribution in [3.63, 3.8) is 0 Å². The van der Waals surface area contributed by atoms with Gasteiger partial charge in [0, 0.05) is 31.6 Å². The minimum atomic E-state index is -0.0708. The van der Waals surface area contributed by atoms with E-state index in [2.05, 4.69) is 17.9 Å². The third kappa shape index (κ3) is 4.90. The van der Waals surface area contributed by atoms with Crippen molar-refractivity contribution in [3.05, 3.63) is 45.1 Å². The number of hydrogen-bond donors (Lipinski definition) is 0. The Labute approximate surface area is 205 Å². The van der Waals surface area contributed by atoms with Crippen LogP contribution < -0.4 is 10.5 Å². The second-order valence-corrected chi connectivity index (χ2v) is 10.4. The van der Waals surface area contributed by atoms with Gasteiger partial charge in [-0.25, -0.2) is 0 Å². The van der Waals surface area contributed by atoms with E-state index in [0.29, 0.717) is 27.9 Å². The number of thiocarbonyl (C=S) groups is 1. The smallest absolute Gasteiger partial charge is 0.266 e. The number of para-hydroxylation sites is 1. The lowest BCUT2D eigenvalue weighted by molar-refractivity contribution is -0.122. The number of amides is 1. The third-order valence-electron chi connectivity index (χ3n) is 6.55. The molecule has 1 aromatic carbocycles. The van der Waals surface area contributed by atoms with Gasteiger partial charge >= 0.3 is 0 Å². The van der Waals surface area contributed by atoms with E-state index in [-0.39, 0.29) is 11.5 Å². The minimum absolute atomic E-state index is 0.0355. The zero-order chi connectivity index (χ0) is 23.4. The van der Waals surface area contributed by atoms with Crippen LogP contribution in [-0.4, -0.2) is 39.3 Å². The van der Waals surface area contributed by atoms with E-state index in [1.54, 1.807) is 4.90 Å². The highest BCUT2D eigenvalue weighted by Crippen LogP contribution is 2.37. The summed E-state index contributed by atoms with van der Waals surface area (Å²) in [5, 5.41) is 1.07. The van der Waals surface area contributed by atoms with Gasteiger partial charge in [0.2, 0.25) is 0 Å². The van der Waals surface area contributed by atoms with Crippen LogP contribution in [0.2, 0.25) is 0 Å². The topological polar surface area (TPSA) is 45.6 Å². The Balaban J connectivity index is 1.85. The summed E-state index contributed by atoms with van der Waals surface area (Å²) in [5.74, 6) is -0.0708. The quantitative estimate of drug-likeness (QED) is 0.283. The normalized spacial score (nSPS) is 18.5. The number of nitrogens with zero attached hydrogens (tertiary/aromatic N) is 3. The summed E-state index contributed by atoms with van der Waals surface area (Å²) in [6.45, 7) is 7.23. The van der Waals surface area contributed by atoms with Crippen LogP contribution in [0.5, 0.6) is 0 Å². The number of carbonyl (C=O) groups excluding carboxylic acids is 1. The Kier molecular flexibility index (Phi) is 7.91. The number of hydrogen-bond acceptors (Lipinski definition) is 5. The molecule has 0 radical (unpaired) electrons. The number of pyridine rings is 1. The maximum Gasteiger partial charge on any atom is 0.266 e. The molecule has 1 amide bonds. The van der Waals surface area contributed by atoms with Crippen molar-refractivity contribution in [1.82, 2.24) is 9.47 Å². The van der Waals surface area contributed by atoms with Gasteiger partial charge in [0.05, 0.1) is 21.7 Å². The van der Waals surface area contributed by atoms with Crippen LogP contribution >= 0.6 is 24.0 Å². The fourth-order valence-electron chi connectivity index (χ4n) is 4.83. The van der Waals surface area contributed by atoms with Gasteiger partial charge in [-0.15, -0.1) is 0 Å². The first-order chi connectivity index (χ1) is 16.1. The van der Waals surface area contributed by atoms with Crippen molar-refractivity contribution in [2.45, 2.75) is 65.3 Å². The Morgan fingerprint density at radius 1 is 1.03 bits per heavy atom. The maximum atomic E-state index is 13.8. The van der Waals surface area contributed by atoms with Gasteiger partial charge < -0.3 is 9.47 Å². The fourth-order valence-corrected chi connectivity index (χ4v) is 6.12. The Bertz CT molecular complexity index is 1130. The molecule has 2 aliphatic rings. The summed E-state index contributed by atoms with van der Waals surface area (Å²) in [7, 11) is 0. The first kappa shape index (κ1) is 24.0. The van der Waals surface area contributed by atoms with E-state index in [9.17, 15) is 9.59 Å². The molecule has 0 spiro atoms. The lowest BCUT2D eigenvalue weighted by Crippen LogP contribution is -2.31. The standard InChI is InChI=1S/C26H33N3O2S2/c1-3-5-10-17-29-25(31)22(33-26(29)32)18-20-23(27-15-11-6-7-12-16-27)19-13-8-9-14-21(19)28(4-2)24(20)30/h8-9,13-14,18H,3-7,10-12,15-17H2,1-2H3. The van der Waals surface area contributed by atoms with Crippen LogP contribution in [0.1, 0.15) is 64.4 Å². The number of unbranched alkanes of at least 4 members (excludes halogenated alkanes) is 2. The average Bonchev–Trinajstić information content (AvgIpc) is 2.99.